The minimum atomic E-state index is -0.339. The molecule has 4 nitrogen and oxygen atoms in total. The maximum Gasteiger partial charge on any atom is 0.330 e. The van der Waals surface area contributed by atoms with Crippen LogP contribution in [0, 0.1) is 5.41 Å². The molecule has 0 aromatic heterocycles. The maximum absolute atomic E-state index is 11.3. The van der Waals surface area contributed by atoms with E-state index in [1.165, 1.54) is 6.08 Å². The lowest BCUT2D eigenvalue weighted by atomic mass is 9.82. The number of hydrogen-bond donors (Lipinski definition) is 0. The van der Waals surface area contributed by atoms with E-state index in [2.05, 4.69) is 13.8 Å². The molecule has 0 radical (unpaired) electrons. The molecule has 1 aromatic rings. The van der Waals surface area contributed by atoms with E-state index in [0.717, 1.165) is 11.3 Å². The Morgan fingerprint density at radius 3 is 2.35 bits per heavy atom. The fourth-order valence-corrected chi connectivity index (χ4v) is 2.36. The van der Waals surface area contributed by atoms with Crippen molar-refractivity contribution in [2.45, 2.75) is 26.9 Å². The average molecular weight is 318 g/mol. The Labute approximate surface area is 138 Å². The summed E-state index contributed by atoms with van der Waals surface area (Å²) in [7, 11) is 3.34. The molecule has 0 saturated heterocycles. The van der Waals surface area contributed by atoms with Crippen molar-refractivity contribution in [3.8, 4) is 5.75 Å². The zero-order chi connectivity index (χ0) is 17.3. The number of rotatable bonds is 8. The van der Waals surface area contributed by atoms with E-state index in [0.29, 0.717) is 6.61 Å². The van der Waals surface area contributed by atoms with Gasteiger partial charge < -0.3 is 14.2 Å². The Balaban J connectivity index is 2.83. The van der Waals surface area contributed by atoms with Gasteiger partial charge in [-0.2, -0.15) is 0 Å². The van der Waals surface area contributed by atoms with Crippen LogP contribution in [0.2, 0.25) is 0 Å². The third kappa shape index (κ3) is 5.91. The smallest absolute Gasteiger partial charge is 0.330 e. The highest BCUT2D eigenvalue weighted by molar-refractivity contribution is 5.82. The second-order valence-electron chi connectivity index (χ2n) is 5.68. The average Bonchev–Trinajstić information content (AvgIpc) is 2.53. The second kappa shape index (κ2) is 9.16. The fraction of sp³-hybridized carbons (Fsp3) is 0.421. The number of carbonyl (C=O) groups excluding carboxylic acids is 1. The zero-order valence-electron chi connectivity index (χ0n) is 14.5. The SMILES string of the molecule is CCOC(=O)C=CC=CC(C)(C)C(OC)c1ccc(OC)cc1. The molecule has 1 unspecified atom stereocenters. The van der Waals surface area contributed by atoms with Crippen molar-refractivity contribution < 1.29 is 19.0 Å². The number of benzene rings is 1. The highest BCUT2D eigenvalue weighted by atomic mass is 16.5. The van der Waals surface area contributed by atoms with Crippen LogP contribution in [0.5, 0.6) is 5.75 Å². The molecule has 0 heterocycles. The van der Waals surface area contributed by atoms with Crippen LogP contribution in [0.15, 0.2) is 48.6 Å². The van der Waals surface area contributed by atoms with E-state index in [-0.39, 0.29) is 17.5 Å². The minimum absolute atomic E-state index is 0.111. The molecule has 0 spiro atoms. The van der Waals surface area contributed by atoms with Gasteiger partial charge in [0.2, 0.25) is 0 Å². The number of ether oxygens (including phenoxy) is 3. The van der Waals surface area contributed by atoms with Crippen molar-refractivity contribution in [2.75, 3.05) is 20.8 Å². The van der Waals surface area contributed by atoms with Gasteiger partial charge in [-0.3, -0.25) is 0 Å². The van der Waals surface area contributed by atoms with Crippen LogP contribution in [0.4, 0.5) is 0 Å². The summed E-state index contributed by atoms with van der Waals surface area (Å²) in [4.78, 5) is 11.3. The van der Waals surface area contributed by atoms with Crippen LogP contribution < -0.4 is 4.74 Å². The molecular weight excluding hydrogens is 292 g/mol. The van der Waals surface area contributed by atoms with Crippen molar-refractivity contribution in [3.63, 3.8) is 0 Å². The monoisotopic (exact) mass is 318 g/mol. The quantitative estimate of drug-likeness (QED) is 0.411. The molecular formula is C19H26O4. The van der Waals surface area contributed by atoms with E-state index in [9.17, 15) is 4.79 Å². The molecule has 23 heavy (non-hydrogen) atoms. The summed E-state index contributed by atoms with van der Waals surface area (Å²) in [5, 5.41) is 0. The molecule has 0 amide bonds. The molecule has 1 atom stereocenters. The lowest BCUT2D eigenvalue weighted by Crippen LogP contribution is -2.21. The summed E-state index contributed by atoms with van der Waals surface area (Å²) in [6, 6.07) is 7.83. The Hall–Kier alpha value is -2.07. The van der Waals surface area contributed by atoms with Crippen LogP contribution in [-0.4, -0.2) is 26.8 Å². The summed E-state index contributed by atoms with van der Waals surface area (Å²) in [5.74, 6) is 0.475. The number of esters is 1. The van der Waals surface area contributed by atoms with Gasteiger partial charge in [0.15, 0.2) is 0 Å². The van der Waals surface area contributed by atoms with E-state index in [1.807, 2.05) is 36.4 Å². The molecule has 0 aliphatic rings. The summed E-state index contributed by atoms with van der Waals surface area (Å²) in [5.41, 5.74) is 0.819. The van der Waals surface area contributed by atoms with E-state index in [4.69, 9.17) is 14.2 Å². The third-order valence-electron chi connectivity index (χ3n) is 3.49. The van der Waals surface area contributed by atoms with Gasteiger partial charge >= 0.3 is 5.97 Å². The molecule has 0 N–H and O–H groups in total. The summed E-state index contributed by atoms with van der Waals surface area (Å²) in [6.45, 7) is 6.32. The predicted molar refractivity (Wildman–Crippen MR) is 91.4 cm³/mol. The molecule has 4 heteroatoms. The summed E-state index contributed by atoms with van der Waals surface area (Å²) >= 11 is 0. The Bertz CT molecular complexity index is 541. The zero-order valence-corrected chi connectivity index (χ0v) is 14.5. The number of methoxy groups -OCH3 is 2. The first-order chi connectivity index (χ1) is 10.9. The van der Waals surface area contributed by atoms with Crippen LogP contribution >= 0.6 is 0 Å². The van der Waals surface area contributed by atoms with Crippen LogP contribution in [0.1, 0.15) is 32.4 Å². The van der Waals surface area contributed by atoms with Crippen molar-refractivity contribution >= 4 is 5.97 Å². The lowest BCUT2D eigenvalue weighted by Gasteiger charge is -2.31. The summed E-state index contributed by atoms with van der Waals surface area (Å²) in [6.07, 6.45) is 6.83. The number of carbonyl (C=O) groups is 1. The van der Waals surface area contributed by atoms with Gasteiger partial charge in [0.05, 0.1) is 19.8 Å². The van der Waals surface area contributed by atoms with Gasteiger partial charge in [-0.15, -0.1) is 0 Å². The maximum atomic E-state index is 11.3. The summed E-state index contributed by atoms with van der Waals surface area (Å²) < 4.78 is 15.7. The van der Waals surface area contributed by atoms with Gasteiger partial charge in [-0.05, 0) is 24.6 Å². The first-order valence-corrected chi connectivity index (χ1v) is 7.64. The Morgan fingerprint density at radius 1 is 1.17 bits per heavy atom. The fourth-order valence-electron chi connectivity index (χ4n) is 2.36. The molecule has 0 fully saturated rings. The normalized spacial score (nSPS) is 13.4. The number of allylic oxidation sites excluding steroid dienone is 2. The van der Waals surface area contributed by atoms with Crippen LogP contribution in [0.25, 0.3) is 0 Å². The predicted octanol–water partition coefficient (Wildman–Crippen LogP) is 4.08. The second-order valence-corrected chi connectivity index (χ2v) is 5.68. The van der Waals surface area contributed by atoms with E-state index < -0.39 is 0 Å². The first kappa shape index (κ1) is 19.0. The van der Waals surface area contributed by atoms with Gasteiger partial charge in [-0.1, -0.05) is 44.2 Å². The topological polar surface area (TPSA) is 44.8 Å². The Kier molecular flexibility index (Phi) is 7.55. The highest BCUT2D eigenvalue weighted by Crippen LogP contribution is 2.37. The lowest BCUT2D eigenvalue weighted by molar-refractivity contribution is -0.137. The standard InChI is InChI=1S/C19H26O4/c1-6-23-17(20)9-7-8-14-19(2,3)18(22-5)15-10-12-16(21-4)13-11-15/h7-14,18H,6H2,1-5H3. The Morgan fingerprint density at radius 2 is 1.83 bits per heavy atom. The molecule has 0 bridgehead atoms. The number of hydrogen-bond acceptors (Lipinski definition) is 4. The third-order valence-corrected chi connectivity index (χ3v) is 3.49. The molecule has 0 aliphatic carbocycles. The van der Waals surface area contributed by atoms with Gasteiger partial charge in [-0.25, -0.2) is 4.79 Å². The van der Waals surface area contributed by atoms with Crippen molar-refractivity contribution in [1.29, 1.82) is 0 Å². The molecule has 126 valence electrons. The molecule has 1 rings (SSSR count). The first-order valence-electron chi connectivity index (χ1n) is 7.64. The highest BCUT2D eigenvalue weighted by Gasteiger charge is 2.28. The van der Waals surface area contributed by atoms with Crippen LogP contribution in [0.3, 0.4) is 0 Å². The van der Waals surface area contributed by atoms with Crippen LogP contribution in [-0.2, 0) is 14.3 Å². The van der Waals surface area contributed by atoms with Crippen molar-refractivity contribution in [1.82, 2.24) is 0 Å². The van der Waals surface area contributed by atoms with Gasteiger partial charge in [0.1, 0.15) is 5.75 Å². The van der Waals surface area contributed by atoms with Crippen molar-refractivity contribution in [2.24, 2.45) is 5.41 Å². The van der Waals surface area contributed by atoms with E-state index in [1.54, 1.807) is 27.2 Å². The van der Waals surface area contributed by atoms with E-state index >= 15 is 0 Å². The van der Waals surface area contributed by atoms with Crippen molar-refractivity contribution in [3.05, 3.63) is 54.1 Å². The molecule has 1 aromatic carbocycles. The molecule has 0 aliphatic heterocycles. The molecule has 0 saturated carbocycles. The van der Waals surface area contributed by atoms with Gasteiger partial charge in [0, 0.05) is 18.6 Å². The van der Waals surface area contributed by atoms with Gasteiger partial charge in [0.25, 0.3) is 0 Å². The minimum Gasteiger partial charge on any atom is -0.497 e. The largest absolute Gasteiger partial charge is 0.497 e.